The summed E-state index contributed by atoms with van der Waals surface area (Å²) in [6, 6.07) is 11.3. The van der Waals surface area contributed by atoms with Crippen LogP contribution in [0.25, 0.3) is 0 Å². The van der Waals surface area contributed by atoms with Crippen molar-refractivity contribution in [3.05, 3.63) is 53.6 Å². The minimum Gasteiger partial charge on any atom is -0.481 e. The number of hydrogen-bond acceptors (Lipinski definition) is 7. The molecule has 180 valence electrons. The number of rotatable bonds is 7. The van der Waals surface area contributed by atoms with Crippen molar-refractivity contribution in [1.29, 1.82) is 5.26 Å². The standard InChI is InChI=1S/C23H22F3N3O5/c1-15(34-21(30)14-33-20-5-3-2-4-16(20)13-27)22(31)28-18-12-17(23(24,25)26)6-7-19(18)29-8-10-32-11-9-29/h2-7,12,15H,8-11,14H2,1H3,(H,28,31). The van der Waals surface area contributed by atoms with Crippen LogP contribution in [0.3, 0.4) is 0 Å². The maximum Gasteiger partial charge on any atom is 0.416 e. The van der Waals surface area contributed by atoms with Crippen LogP contribution in [-0.2, 0) is 25.2 Å². The number of anilines is 2. The van der Waals surface area contributed by atoms with E-state index in [1.807, 2.05) is 6.07 Å². The molecular weight excluding hydrogens is 455 g/mol. The average molecular weight is 477 g/mol. The molecule has 2 aromatic rings. The van der Waals surface area contributed by atoms with Crippen molar-refractivity contribution in [3.63, 3.8) is 0 Å². The van der Waals surface area contributed by atoms with E-state index < -0.39 is 36.3 Å². The summed E-state index contributed by atoms with van der Waals surface area (Å²) in [6.45, 7) is 2.42. The highest BCUT2D eigenvalue weighted by Crippen LogP contribution is 2.36. The lowest BCUT2D eigenvalue weighted by Crippen LogP contribution is -2.37. The van der Waals surface area contributed by atoms with E-state index in [4.69, 9.17) is 19.5 Å². The van der Waals surface area contributed by atoms with Crippen LogP contribution in [-0.4, -0.2) is 50.9 Å². The van der Waals surface area contributed by atoms with E-state index in [0.717, 1.165) is 12.1 Å². The smallest absolute Gasteiger partial charge is 0.416 e. The highest BCUT2D eigenvalue weighted by Gasteiger charge is 2.32. The summed E-state index contributed by atoms with van der Waals surface area (Å²) in [4.78, 5) is 26.5. The molecule has 1 aliphatic heterocycles. The Labute approximate surface area is 193 Å². The summed E-state index contributed by atoms with van der Waals surface area (Å²) in [6.07, 6.45) is -5.91. The molecule has 0 saturated carbocycles. The molecule has 1 fully saturated rings. The second kappa shape index (κ2) is 10.9. The van der Waals surface area contributed by atoms with Crippen LogP contribution in [0.2, 0.25) is 0 Å². The Morgan fingerprint density at radius 2 is 1.91 bits per heavy atom. The fraction of sp³-hybridized carbons (Fsp3) is 0.348. The van der Waals surface area contributed by atoms with Gasteiger partial charge in [0, 0.05) is 13.1 Å². The van der Waals surface area contributed by atoms with E-state index in [1.165, 1.54) is 25.1 Å². The summed E-state index contributed by atoms with van der Waals surface area (Å²) in [5.41, 5.74) is -0.348. The molecule has 34 heavy (non-hydrogen) atoms. The minimum absolute atomic E-state index is 0.0520. The molecule has 1 atom stereocenters. The van der Waals surface area contributed by atoms with E-state index in [-0.39, 0.29) is 17.0 Å². The number of nitrogens with one attached hydrogen (secondary N) is 1. The predicted octanol–water partition coefficient (Wildman–Crippen LogP) is 3.36. The molecule has 2 aromatic carbocycles. The molecule has 0 bridgehead atoms. The lowest BCUT2D eigenvalue weighted by molar-refractivity contribution is -0.155. The van der Waals surface area contributed by atoms with E-state index in [0.29, 0.717) is 32.0 Å². The molecule has 1 amide bonds. The van der Waals surface area contributed by atoms with Crippen LogP contribution in [0.1, 0.15) is 18.1 Å². The number of carbonyl (C=O) groups excluding carboxylic acids is 2. The van der Waals surface area contributed by atoms with Crippen molar-refractivity contribution in [2.75, 3.05) is 43.1 Å². The number of amides is 1. The van der Waals surface area contributed by atoms with Crippen LogP contribution in [0.5, 0.6) is 5.75 Å². The van der Waals surface area contributed by atoms with Gasteiger partial charge in [0.25, 0.3) is 5.91 Å². The zero-order chi connectivity index (χ0) is 24.7. The summed E-state index contributed by atoms with van der Waals surface area (Å²) in [7, 11) is 0. The summed E-state index contributed by atoms with van der Waals surface area (Å²) in [5, 5.41) is 11.5. The third-order valence-corrected chi connectivity index (χ3v) is 4.96. The van der Waals surface area contributed by atoms with E-state index in [2.05, 4.69) is 5.32 Å². The highest BCUT2D eigenvalue weighted by molar-refractivity contribution is 5.98. The quantitative estimate of drug-likeness (QED) is 0.611. The first-order valence-corrected chi connectivity index (χ1v) is 10.3. The molecule has 0 aromatic heterocycles. The van der Waals surface area contributed by atoms with Crippen LogP contribution in [0, 0.1) is 11.3 Å². The molecule has 1 saturated heterocycles. The number of hydrogen-bond donors (Lipinski definition) is 1. The van der Waals surface area contributed by atoms with Crippen LogP contribution >= 0.6 is 0 Å². The first-order valence-electron chi connectivity index (χ1n) is 10.3. The van der Waals surface area contributed by atoms with Gasteiger partial charge in [-0.15, -0.1) is 0 Å². The number of halogens is 3. The maximum atomic E-state index is 13.2. The van der Waals surface area contributed by atoms with Gasteiger partial charge in [0.2, 0.25) is 0 Å². The Kier molecular flexibility index (Phi) is 7.96. The van der Waals surface area contributed by atoms with Crippen molar-refractivity contribution < 1.29 is 37.0 Å². The third-order valence-electron chi connectivity index (χ3n) is 4.96. The topological polar surface area (TPSA) is 101 Å². The molecule has 1 heterocycles. The van der Waals surface area contributed by atoms with Gasteiger partial charge in [0.1, 0.15) is 11.8 Å². The molecule has 11 heteroatoms. The van der Waals surface area contributed by atoms with Crippen molar-refractivity contribution in [1.82, 2.24) is 0 Å². The molecule has 0 radical (unpaired) electrons. The number of esters is 1. The zero-order valence-electron chi connectivity index (χ0n) is 18.2. The zero-order valence-corrected chi connectivity index (χ0v) is 18.2. The molecule has 0 aliphatic carbocycles. The normalized spacial score (nSPS) is 14.6. The van der Waals surface area contributed by atoms with Gasteiger partial charge in [-0.25, -0.2) is 4.79 Å². The fourth-order valence-electron chi connectivity index (χ4n) is 3.23. The number of nitriles is 1. The van der Waals surface area contributed by atoms with Crippen molar-refractivity contribution in [3.8, 4) is 11.8 Å². The van der Waals surface area contributed by atoms with Gasteiger partial charge in [-0.05, 0) is 37.3 Å². The Morgan fingerprint density at radius 3 is 2.59 bits per heavy atom. The van der Waals surface area contributed by atoms with Crippen molar-refractivity contribution in [2.24, 2.45) is 0 Å². The van der Waals surface area contributed by atoms with Crippen molar-refractivity contribution in [2.45, 2.75) is 19.2 Å². The lowest BCUT2D eigenvalue weighted by Gasteiger charge is -2.31. The average Bonchev–Trinajstić information content (AvgIpc) is 2.82. The number of ether oxygens (including phenoxy) is 3. The van der Waals surface area contributed by atoms with Gasteiger partial charge < -0.3 is 24.4 Å². The van der Waals surface area contributed by atoms with Gasteiger partial charge in [-0.2, -0.15) is 18.4 Å². The Hall–Kier alpha value is -3.78. The summed E-state index contributed by atoms with van der Waals surface area (Å²) >= 11 is 0. The summed E-state index contributed by atoms with van der Waals surface area (Å²) < 4.78 is 55.3. The number of nitrogens with zero attached hydrogens (tertiary/aromatic N) is 2. The number of benzene rings is 2. The molecule has 0 spiro atoms. The maximum absolute atomic E-state index is 13.2. The van der Waals surface area contributed by atoms with Gasteiger partial charge in [0.05, 0.1) is 35.7 Å². The number of alkyl halides is 3. The number of morpholine rings is 1. The SMILES string of the molecule is CC(OC(=O)COc1ccccc1C#N)C(=O)Nc1cc(C(F)(F)F)ccc1N1CCOCC1. The predicted molar refractivity (Wildman–Crippen MR) is 115 cm³/mol. The Balaban J connectivity index is 1.67. The fourth-order valence-corrected chi connectivity index (χ4v) is 3.23. The summed E-state index contributed by atoms with van der Waals surface area (Å²) in [5.74, 6) is -1.51. The minimum atomic E-state index is -4.60. The van der Waals surface area contributed by atoms with Crippen molar-refractivity contribution >= 4 is 23.3 Å². The first-order chi connectivity index (χ1) is 16.2. The van der Waals surface area contributed by atoms with Gasteiger partial charge in [0.15, 0.2) is 12.7 Å². The van der Waals surface area contributed by atoms with Crippen LogP contribution < -0.4 is 15.0 Å². The molecule has 1 N–H and O–H groups in total. The first kappa shape index (κ1) is 24.9. The van der Waals surface area contributed by atoms with Gasteiger partial charge in [-0.3, -0.25) is 4.79 Å². The molecule has 1 aliphatic rings. The molecule has 8 nitrogen and oxygen atoms in total. The van der Waals surface area contributed by atoms with E-state index in [1.54, 1.807) is 17.0 Å². The van der Waals surface area contributed by atoms with E-state index >= 15 is 0 Å². The van der Waals surface area contributed by atoms with Crippen LogP contribution in [0.15, 0.2) is 42.5 Å². The number of carbonyl (C=O) groups is 2. The largest absolute Gasteiger partial charge is 0.481 e. The third kappa shape index (κ3) is 6.39. The van der Waals surface area contributed by atoms with E-state index in [9.17, 15) is 22.8 Å². The highest BCUT2D eigenvalue weighted by atomic mass is 19.4. The second-order valence-corrected chi connectivity index (χ2v) is 7.35. The molecule has 3 rings (SSSR count). The van der Waals surface area contributed by atoms with Gasteiger partial charge >= 0.3 is 12.1 Å². The van der Waals surface area contributed by atoms with Crippen LogP contribution in [0.4, 0.5) is 24.5 Å². The second-order valence-electron chi connectivity index (χ2n) is 7.35. The molecular formula is C23H22F3N3O5. The Morgan fingerprint density at radius 1 is 1.21 bits per heavy atom. The van der Waals surface area contributed by atoms with Gasteiger partial charge in [-0.1, -0.05) is 12.1 Å². The molecule has 1 unspecified atom stereocenters. The Bertz CT molecular complexity index is 1080. The lowest BCUT2D eigenvalue weighted by atomic mass is 10.1. The number of para-hydroxylation sites is 1. The monoisotopic (exact) mass is 477 g/mol.